The van der Waals surface area contributed by atoms with Gasteiger partial charge in [-0.1, -0.05) is 31.9 Å². The lowest BCUT2D eigenvalue weighted by Crippen LogP contribution is -2.41. The van der Waals surface area contributed by atoms with Gasteiger partial charge in [0.1, 0.15) is 0 Å². The Morgan fingerprint density at radius 2 is 2.05 bits per heavy atom. The van der Waals surface area contributed by atoms with Crippen molar-refractivity contribution in [1.82, 2.24) is 0 Å². The Morgan fingerprint density at radius 1 is 1.32 bits per heavy atom. The normalized spacial score (nSPS) is 18.4. The molecule has 1 N–H and O–H groups in total. The van der Waals surface area contributed by atoms with Crippen LogP contribution in [0.3, 0.4) is 0 Å². The number of carboxylic acid groups (broad SMARTS) is 1. The highest BCUT2D eigenvalue weighted by molar-refractivity contribution is 5.88. The van der Waals surface area contributed by atoms with Gasteiger partial charge < -0.3 is 5.11 Å². The van der Waals surface area contributed by atoms with Gasteiger partial charge in [-0.2, -0.15) is 5.26 Å². The molecule has 2 aromatic rings. The fourth-order valence-corrected chi connectivity index (χ4v) is 4.53. The number of amides is 1. The van der Waals surface area contributed by atoms with Crippen LogP contribution in [0.15, 0.2) is 47.5 Å². The summed E-state index contributed by atoms with van der Waals surface area (Å²) in [7, 11) is 0. The molecule has 0 bridgehead atoms. The Bertz CT molecular complexity index is 1100. The Morgan fingerprint density at radius 3 is 2.65 bits per heavy atom. The molecular formula is C28H34F3N3O3. The molecule has 0 aliphatic heterocycles. The number of benzene rings is 2. The van der Waals surface area contributed by atoms with Gasteiger partial charge in [-0.15, -0.1) is 0 Å². The first-order valence-corrected chi connectivity index (χ1v) is 12.4. The monoisotopic (exact) mass is 517 g/mol. The molecule has 200 valence electrons. The molecule has 0 radical (unpaired) electrons. The van der Waals surface area contributed by atoms with Crippen LogP contribution in [0.2, 0.25) is 0 Å². The molecule has 2 atom stereocenters. The topological polar surface area (TPSA) is 85.9 Å². The molecule has 0 aromatic heterocycles. The lowest BCUT2D eigenvalue weighted by molar-refractivity contribution is -0.0999. The number of aliphatic imine (C=N–C) groups is 1. The first kappa shape index (κ1) is 29.7. The van der Waals surface area contributed by atoms with E-state index in [-0.39, 0.29) is 43.2 Å². The van der Waals surface area contributed by atoms with Crippen LogP contribution < -0.4 is 9.84 Å². The summed E-state index contributed by atoms with van der Waals surface area (Å²) in [4.78, 5) is 20.5. The van der Waals surface area contributed by atoms with Gasteiger partial charge in [-0.05, 0) is 74.9 Å². The number of nitriles is 1. The molecule has 0 spiro atoms. The summed E-state index contributed by atoms with van der Waals surface area (Å²) in [5.41, 5.74) is 2.73. The molecule has 3 rings (SSSR count). The standard InChI is InChI=1S/C18H24F3NO3.C10H10N2/c1-2-3-6-14-11-13(9-10-18(14,19)20)12-22(17(23)24)15-7-4-5-8-16(15)25-21;1-3-12-10-5-4-9(7-11)6-8(10)2/h4-5,7-8,13-14H,2-3,6,9-12H2,1H3,(H,23,24);3-6H,1-2H3. The van der Waals surface area contributed by atoms with Crippen LogP contribution in [0.5, 0.6) is 5.75 Å². The smallest absolute Gasteiger partial charge is 0.411 e. The second-order valence-corrected chi connectivity index (χ2v) is 9.18. The lowest BCUT2D eigenvalue weighted by atomic mass is 9.76. The van der Waals surface area contributed by atoms with Crippen LogP contribution >= 0.6 is 0 Å². The minimum atomic E-state index is -2.69. The highest BCUT2D eigenvalue weighted by atomic mass is 19.3. The average molecular weight is 518 g/mol. The van der Waals surface area contributed by atoms with Gasteiger partial charge in [0.15, 0.2) is 5.75 Å². The summed E-state index contributed by atoms with van der Waals surface area (Å²) >= 11 is 0. The zero-order valence-electron chi connectivity index (χ0n) is 21.5. The molecule has 1 fully saturated rings. The van der Waals surface area contributed by atoms with E-state index >= 15 is 0 Å². The Kier molecular flexibility index (Phi) is 11.4. The number of carbonyl (C=O) groups is 1. The van der Waals surface area contributed by atoms with Crippen molar-refractivity contribution in [3.8, 4) is 11.8 Å². The summed E-state index contributed by atoms with van der Waals surface area (Å²) in [6, 6.07) is 13.4. The average Bonchev–Trinajstić information content (AvgIpc) is 2.88. The fourth-order valence-electron chi connectivity index (χ4n) is 4.53. The molecular weight excluding hydrogens is 483 g/mol. The number of hydrogen-bond acceptors (Lipinski definition) is 4. The van der Waals surface area contributed by atoms with Crippen LogP contribution in [0.1, 0.15) is 63.5 Å². The molecule has 0 heterocycles. The Balaban J connectivity index is 0.000000335. The van der Waals surface area contributed by atoms with Crippen molar-refractivity contribution in [3.63, 3.8) is 0 Å². The predicted molar refractivity (Wildman–Crippen MR) is 139 cm³/mol. The van der Waals surface area contributed by atoms with Crippen LogP contribution in [0, 0.1) is 30.1 Å². The Hall–Kier alpha value is -3.54. The molecule has 0 saturated heterocycles. The summed E-state index contributed by atoms with van der Waals surface area (Å²) in [5.74, 6) is -3.81. The van der Waals surface area contributed by atoms with Crippen molar-refractivity contribution in [3.05, 3.63) is 53.6 Å². The number of rotatable bonds is 8. The molecule has 37 heavy (non-hydrogen) atoms. The third kappa shape index (κ3) is 8.52. The van der Waals surface area contributed by atoms with E-state index in [4.69, 9.17) is 5.26 Å². The highest BCUT2D eigenvalue weighted by Gasteiger charge is 2.44. The number of unbranched alkanes of at least 4 members (excludes halogenated alkanes) is 1. The number of aryl methyl sites for hydroxylation is 1. The quantitative estimate of drug-likeness (QED) is 0.357. The van der Waals surface area contributed by atoms with Crippen molar-refractivity contribution >= 4 is 23.7 Å². The van der Waals surface area contributed by atoms with E-state index in [1.165, 1.54) is 18.2 Å². The van der Waals surface area contributed by atoms with E-state index < -0.39 is 17.9 Å². The van der Waals surface area contributed by atoms with Gasteiger partial charge in [0.25, 0.3) is 5.92 Å². The molecule has 1 aliphatic rings. The summed E-state index contributed by atoms with van der Waals surface area (Å²) < 4.78 is 40.9. The molecule has 1 aliphatic carbocycles. The van der Waals surface area contributed by atoms with Crippen LogP contribution in [-0.4, -0.2) is 29.9 Å². The maximum atomic E-state index is 14.1. The number of para-hydroxylation sites is 2. The fraction of sp³-hybridized carbons (Fsp3) is 0.464. The van der Waals surface area contributed by atoms with Crippen molar-refractivity contribution in [2.24, 2.45) is 16.8 Å². The molecule has 2 aromatic carbocycles. The molecule has 2 unspecified atom stereocenters. The van der Waals surface area contributed by atoms with Gasteiger partial charge in [-0.3, -0.25) is 14.8 Å². The minimum Gasteiger partial charge on any atom is -0.465 e. The van der Waals surface area contributed by atoms with Gasteiger partial charge in [0.2, 0.25) is 0 Å². The van der Waals surface area contributed by atoms with Crippen LogP contribution in [0.25, 0.3) is 0 Å². The second kappa shape index (κ2) is 14.3. The summed E-state index contributed by atoms with van der Waals surface area (Å²) in [5, 5.41) is 18.1. The van der Waals surface area contributed by atoms with E-state index in [1.54, 1.807) is 18.3 Å². The molecule has 1 amide bonds. The molecule has 9 heteroatoms. The molecule has 6 nitrogen and oxygen atoms in total. The number of anilines is 1. The van der Waals surface area contributed by atoms with Crippen molar-refractivity contribution < 1.29 is 28.1 Å². The Labute approximate surface area is 216 Å². The number of nitrogens with zero attached hydrogens (tertiary/aromatic N) is 3. The third-order valence-corrected chi connectivity index (χ3v) is 6.51. The van der Waals surface area contributed by atoms with Crippen molar-refractivity contribution in [2.45, 2.75) is 65.2 Å². The maximum absolute atomic E-state index is 14.1. The largest absolute Gasteiger partial charge is 0.465 e. The van der Waals surface area contributed by atoms with E-state index in [2.05, 4.69) is 16.0 Å². The van der Waals surface area contributed by atoms with Crippen LogP contribution in [-0.2, 0) is 0 Å². The predicted octanol–water partition coefficient (Wildman–Crippen LogP) is 8.27. The van der Waals surface area contributed by atoms with Crippen molar-refractivity contribution in [2.75, 3.05) is 11.4 Å². The van der Waals surface area contributed by atoms with Gasteiger partial charge in [-0.25, -0.2) is 13.6 Å². The minimum absolute atomic E-state index is 0.0500. The maximum Gasteiger partial charge on any atom is 0.411 e. The van der Waals surface area contributed by atoms with E-state index in [0.29, 0.717) is 12.0 Å². The van der Waals surface area contributed by atoms with Gasteiger partial charge in [0, 0.05) is 29.6 Å². The highest BCUT2D eigenvalue weighted by Crippen LogP contribution is 2.44. The zero-order valence-corrected chi connectivity index (χ0v) is 21.5. The van der Waals surface area contributed by atoms with Gasteiger partial charge >= 0.3 is 6.09 Å². The van der Waals surface area contributed by atoms with E-state index in [1.807, 2.05) is 32.9 Å². The number of halogens is 3. The summed E-state index contributed by atoms with van der Waals surface area (Å²) in [6.07, 6.45) is 2.79. The van der Waals surface area contributed by atoms with Crippen LogP contribution in [0.4, 0.5) is 29.5 Å². The van der Waals surface area contributed by atoms with Crippen molar-refractivity contribution in [1.29, 1.82) is 5.26 Å². The van der Waals surface area contributed by atoms with E-state index in [0.717, 1.165) is 29.0 Å². The number of hydrogen-bond donors (Lipinski definition) is 1. The summed E-state index contributed by atoms with van der Waals surface area (Å²) in [6.45, 7) is 5.83. The number of alkyl halides is 2. The zero-order chi connectivity index (χ0) is 27.4. The first-order chi connectivity index (χ1) is 17.7. The van der Waals surface area contributed by atoms with Gasteiger partial charge in [0.05, 0.1) is 23.0 Å². The second-order valence-electron chi connectivity index (χ2n) is 9.18. The van der Waals surface area contributed by atoms with E-state index in [9.17, 15) is 23.2 Å². The third-order valence-electron chi connectivity index (χ3n) is 6.51. The lowest BCUT2D eigenvalue weighted by Gasteiger charge is -2.37. The SMILES string of the molecule is CC=Nc1ccc(C#N)cc1C.CCCCC1CC(CN(C(=O)O)c2ccccc2OF)CCC1(F)F. The molecule has 1 saturated carbocycles. The first-order valence-electron chi connectivity index (χ1n) is 12.4.